The Morgan fingerprint density at radius 2 is 2.25 bits per heavy atom. The first-order chi connectivity index (χ1) is 7.67. The van der Waals surface area contributed by atoms with Gasteiger partial charge in [-0.15, -0.1) is 0 Å². The molecular formula is C13H16O3. The third kappa shape index (κ3) is 3.50. The summed E-state index contributed by atoms with van der Waals surface area (Å²) in [4.78, 5) is 21.9. The highest BCUT2D eigenvalue weighted by molar-refractivity contribution is 5.75. The van der Waals surface area contributed by atoms with Gasteiger partial charge in [0.1, 0.15) is 6.29 Å². The van der Waals surface area contributed by atoms with Crippen LogP contribution in [0.5, 0.6) is 0 Å². The van der Waals surface area contributed by atoms with Crippen LogP contribution in [0.2, 0.25) is 0 Å². The molecule has 0 aliphatic rings. The standard InChI is InChI=1S/C13H16O3/c1-3-16-13(15)7-10(2)12-6-4-5-11(8-12)9-14/h4-6,8-10H,3,7H2,1-2H3. The maximum absolute atomic E-state index is 11.3. The van der Waals surface area contributed by atoms with Gasteiger partial charge in [-0.3, -0.25) is 9.59 Å². The monoisotopic (exact) mass is 220 g/mol. The fraction of sp³-hybridized carbons (Fsp3) is 0.385. The van der Waals surface area contributed by atoms with E-state index >= 15 is 0 Å². The van der Waals surface area contributed by atoms with Crippen molar-refractivity contribution in [3.63, 3.8) is 0 Å². The molecule has 0 saturated carbocycles. The highest BCUT2D eigenvalue weighted by Crippen LogP contribution is 2.20. The van der Waals surface area contributed by atoms with Crippen LogP contribution in [0.3, 0.4) is 0 Å². The molecule has 1 rings (SSSR count). The van der Waals surface area contributed by atoms with Crippen LogP contribution in [0.4, 0.5) is 0 Å². The second-order valence-electron chi connectivity index (χ2n) is 3.70. The van der Waals surface area contributed by atoms with Crippen LogP contribution in [0.1, 0.15) is 42.1 Å². The lowest BCUT2D eigenvalue weighted by molar-refractivity contribution is -0.143. The van der Waals surface area contributed by atoms with Gasteiger partial charge in [0.15, 0.2) is 0 Å². The Kier molecular flexibility index (Phi) is 4.70. The highest BCUT2D eigenvalue weighted by atomic mass is 16.5. The first kappa shape index (κ1) is 12.4. The molecule has 0 saturated heterocycles. The third-order valence-electron chi connectivity index (χ3n) is 2.39. The van der Waals surface area contributed by atoms with E-state index in [0.717, 1.165) is 11.8 Å². The molecule has 0 aliphatic carbocycles. The lowest BCUT2D eigenvalue weighted by Crippen LogP contribution is -2.08. The van der Waals surface area contributed by atoms with Crippen molar-refractivity contribution < 1.29 is 14.3 Å². The van der Waals surface area contributed by atoms with Gasteiger partial charge in [-0.1, -0.05) is 25.1 Å². The molecule has 0 N–H and O–H groups in total. The quantitative estimate of drug-likeness (QED) is 0.565. The number of ether oxygens (including phenoxy) is 1. The molecule has 0 radical (unpaired) electrons. The van der Waals surface area contributed by atoms with E-state index in [4.69, 9.17) is 4.74 Å². The number of rotatable bonds is 5. The smallest absolute Gasteiger partial charge is 0.306 e. The van der Waals surface area contributed by atoms with Crippen LogP contribution in [-0.2, 0) is 9.53 Å². The molecule has 0 aliphatic heterocycles. The largest absolute Gasteiger partial charge is 0.466 e. The lowest BCUT2D eigenvalue weighted by Gasteiger charge is -2.11. The molecule has 16 heavy (non-hydrogen) atoms. The molecule has 1 unspecified atom stereocenters. The van der Waals surface area contributed by atoms with Crippen LogP contribution in [0.15, 0.2) is 24.3 Å². The highest BCUT2D eigenvalue weighted by Gasteiger charge is 2.12. The minimum absolute atomic E-state index is 0.0685. The van der Waals surface area contributed by atoms with E-state index in [-0.39, 0.29) is 11.9 Å². The van der Waals surface area contributed by atoms with Gasteiger partial charge >= 0.3 is 5.97 Å². The van der Waals surface area contributed by atoms with E-state index in [1.165, 1.54) is 0 Å². The van der Waals surface area contributed by atoms with Gasteiger partial charge in [-0.2, -0.15) is 0 Å². The van der Waals surface area contributed by atoms with E-state index in [2.05, 4.69) is 0 Å². The molecule has 3 nitrogen and oxygen atoms in total. The summed E-state index contributed by atoms with van der Waals surface area (Å²) in [7, 11) is 0. The van der Waals surface area contributed by atoms with Crippen LogP contribution >= 0.6 is 0 Å². The normalized spacial score (nSPS) is 11.9. The average molecular weight is 220 g/mol. The Bertz CT molecular complexity index is 371. The second-order valence-corrected chi connectivity index (χ2v) is 3.70. The number of esters is 1. The number of hydrogen-bond acceptors (Lipinski definition) is 3. The van der Waals surface area contributed by atoms with E-state index in [9.17, 15) is 9.59 Å². The van der Waals surface area contributed by atoms with Crippen LogP contribution in [0.25, 0.3) is 0 Å². The van der Waals surface area contributed by atoms with Crippen LogP contribution in [0, 0.1) is 0 Å². The number of carbonyl (C=O) groups is 2. The van der Waals surface area contributed by atoms with Crippen molar-refractivity contribution in [3.05, 3.63) is 35.4 Å². The average Bonchev–Trinajstić information content (AvgIpc) is 2.29. The minimum Gasteiger partial charge on any atom is -0.466 e. The van der Waals surface area contributed by atoms with Crippen molar-refractivity contribution in [1.29, 1.82) is 0 Å². The molecule has 86 valence electrons. The summed E-state index contributed by atoms with van der Waals surface area (Å²) < 4.78 is 4.88. The third-order valence-corrected chi connectivity index (χ3v) is 2.39. The van der Waals surface area contributed by atoms with E-state index in [1.54, 1.807) is 19.1 Å². The zero-order chi connectivity index (χ0) is 12.0. The molecule has 1 aromatic carbocycles. The van der Waals surface area contributed by atoms with Crippen molar-refractivity contribution in [2.75, 3.05) is 6.61 Å². The number of benzene rings is 1. The zero-order valence-electron chi connectivity index (χ0n) is 9.60. The van der Waals surface area contributed by atoms with Gasteiger partial charge in [0.05, 0.1) is 13.0 Å². The zero-order valence-corrected chi connectivity index (χ0v) is 9.60. The Hall–Kier alpha value is -1.64. The lowest BCUT2D eigenvalue weighted by atomic mass is 9.96. The topological polar surface area (TPSA) is 43.4 Å². The number of hydrogen-bond donors (Lipinski definition) is 0. The molecule has 0 heterocycles. The second kappa shape index (κ2) is 6.05. The van der Waals surface area contributed by atoms with Gasteiger partial charge < -0.3 is 4.74 Å². The molecule has 0 spiro atoms. The fourth-order valence-electron chi connectivity index (χ4n) is 1.53. The molecule has 0 fully saturated rings. The van der Waals surface area contributed by atoms with Gasteiger partial charge in [0.2, 0.25) is 0 Å². The molecule has 1 atom stereocenters. The van der Waals surface area contributed by atoms with Gasteiger partial charge in [0, 0.05) is 5.56 Å². The molecule has 3 heteroatoms. The molecule has 0 bridgehead atoms. The summed E-state index contributed by atoms with van der Waals surface area (Å²) in [6.45, 7) is 4.14. The van der Waals surface area contributed by atoms with Crippen LogP contribution in [-0.4, -0.2) is 18.9 Å². The maximum Gasteiger partial charge on any atom is 0.306 e. The molecule has 0 aromatic heterocycles. The minimum atomic E-state index is -0.202. The number of aldehydes is 1. The van der Waals surface area contributed by atoms with Gasteiger partial charge in [-0.05, 0) is 24.5 Å². The maximum atomic E-state index is 11.3. The molecule has 0 amide bonds. The van der Waals surface area contributed by atoms with Crippen molar-refractivity contribution >= 4 is 12.3 Å². The van der Waals surface area contributed by atoms with E-state index in [0.29, 0.717) is 18.6 Å². The van der Waals surface area contributed by atoms with Gasteiger partial charge in [0.25, 0.3) is 0 Å². The first-order valence-corrected chi connectivity index (χ1v) is 5.38. The van der Waals surface area contributed by atoms with E-state index in [1.807, 2.05) is 19.1 Å². The summed E-state index contributed by atoms with van der Waals surface area (Å²) in [5.74, 6) is -0.134. The Balaban J connectivity index is 2.68. The Morgan fingerprint density at radius 1 is 1.50 bits per heavy atom. The van der Waals surface area contributed by atoms with Crippen molar-refractivity contribution in [2.24, 2.45) is 0 Å². The van der Waals surface area contributed by atoms with Crippen molar-refractivity contribution in [2.45, 2.75) is 26.2 Å². The Morgan fingerprint density at radius 3 is 2.88 bits per heavy atom. The van der Waals surface area contributed by atoms with Crippen molar-refractivity contribution in [3.8, 4) is 0 Å². The Labute approximate surface area is 95.4 Å². The summed E-state index contributed by atoms with van der Waals surface area (Å²) in [6.07, 6.45) is 1.15. The summed E-state index contributed by atoms with van der Waals surface area (Å²) in [6, 6.07) is 7.28. The predicted octanol–water partition coefficient (Wildman–Crippen LogP) is 2.56. The SMILES string of the molecule is CCOC(=O)CC(C)c1cccc(C=O)c1. The van der Waals surface area contributed by atoms with Gasteiger partial charge in [-0.25, -0.2) is 0 Å². The molecular weight excluding hydrogens is 204 g/mol. The van der Waals surface area contributed by atoms with Crippen LogP contribution < -0.4 is 0 Å². The fourth-order valence-corrected chi connectivity index (χ4v) is 1.53. The van der Waals surface area contributed by atoms with E-state index < -0.39 is 0 Å². The summed E-state index contributed by atoms with van der Waals surface area (Å²) >= 11 is 0. The summed E-state index contributed by atoms with van der Waals surface area (Å²) in [5.41, 5.74) is 1.62. The summed E-state index contributed by atoms with van der Waals surface area (Å²) in [5, 5.41) is 0. The first-order valence-electron chi connectivity index (χ1n) is 5.38. The number of carbonyl (C=O) groups excluding carboxylic acids is 2. The van der Waals surface area contributed by atoms with Crippen molar-refractivity contribution in [1.82, 2.24) is 0 Å². The predicted molar refractivity (Wildman–Crippen MR) is 61.5 cm³/mol. The molecule has 1 aromatic rings.